The van der Waals surface area contributed by atoms with Gasteiger partial charge in [-0.05, 0) is 41.8 Å². The molecule has 0 radical (unpaired) electrons. The standard InChI is InChI=1S/C21H26FNO4S/c1-2-3-4-5-6-7-13-28(26,27)23-20-12-11-17(15-19(20)21(24)25)16-9-8-10-18(22)14-16/h8-12,14-15,23H,2-7,13H2,1H3,(H,24,25). The molecule has 0 amide bonds. The van der Waals surface area contributed by atoms with E-state index < -0.39 is 21.8 Å². The molecule has 2 N–H and O–H groups in total. The number of aromatic carboxylic acids is 1. The topological polar surface area (TPSA) is 83.5 Å². The minimum absolute atomic E-state index is 0.0126. The number of sulfonamides is 1. The first-order valence-corrected chi connectivity index (χ1v) is 11.1. The van der Waals surface area contributed by atoms with Crippen molar-refractivity contribution >= 4 is 21.7 Å². The van der Waals surface area contributed by atoms with Crippen LogP contribution in [0.1, 0.15) is 55.8 Å². The average molecular weight is 408 g/mol. The van der Waals surface area contributed by atoms with E-state index in [0.29, 0.717) is 17.5 Å². The zero-order valence-electron chi connectivity index (χ0n) is 15.9. The Hall–Kier alpha value is -2.41. The molecule has 2 aromatic rings. The number of halogens is 1. The second kappa shape index (κ2) is 10.2. The summed E-state index contributed by atoms with van der Waals surface area (Å²) >= 11 is 0. The van der Waals surface area contributed by atoms with Crippen molar-refractivity contribution in [3.8, 4) is 11.1 Å². The van der Waals surface area contributed by atoms with Gasteiger partial charge in [0.1, 0.15) is 5.82 Å². The Morgan fingerprint density at radius 1 is 1.00 bits per heavy atom. The van der Waals surface area contributed by atoms with Crippen LogP contribution in [0.2, 0.25) is 0 Å². The van der Waals surface area contributed by atoms with Gasteiger partial charge in [0.25, 0.3) is 0 Å². The summed E-state index contributed by atoms with van der Waals surface area (Å²) in [6.45, 7) is 2.12. The van der Waals surface area contributed by atoms with Crippen molar-refractivity contribution < 1.29 is 22.7 Å². The van der Waals surface area contributed by atoms with Crippen LogP contribution in [0.25, 0.3) is 11.1 Å². The summed E-state index contributed by atoms with van der Waals surface area (Å²) in [6.07, 6.45) is 5.71. The molecule has 152 valence electrons. The quantitative estimate of drug-likeness (QED) is 0.496. The Bertz CT molecular complexity index is 912. The predicted molar refractivity (Wildman–Crippen MR) is 110 cm³/mol. The normalized spacial score (nSPS) is 11.4. The number of nitrogens with one attached hydrogen (secondary N) is 1. The second-order valence-corrected chi connectivity index (χ2v) is 8.61. The molecule has 0 unspecified atom stereocenters. The van der Waals surface area contributed by atoms with Crippen molar-refractivity contribution in [3.63, 3.8) is 0 Å². The third kappa shape index (κ3) is 6.64. The maximum Gasteiger partial charge on any atom is 0.337 e. The summed E-state index contributed by atoms with van der Waals surface area (Å²) in [6, 6.07) is 10.1. The monoisotopic (exact) mass is 407 g/mol. The van der Waals surface area contributed by atoms with Crippen molar-refractivity contribution in [2.24, 2.45) is 0 Å². The van der Waals surface area contributed by atoms with E-state index in [1.165, 1.54) is 30.3 Å². The average Bonchev–Trinajstić information content (AvgIpc) is 2.64. The molecule has 7 heteroatoms. The van der Waals surface area contributed by atoms with Crippen LogP contribution < -0.4 is 4.72 Å². The largest absolute Gasteiger partial charge is 0.478 e. The molecule has 5 nitrogen and oxygen atoms in total. The molecular formula is C21H26FNO4S. The van der Waals surface area contributed by atoms with Crippen LogP contribution in [0.4, 0.5) is 10.1 Å². The zero-order chi connectivity index (χ0) is 20.6. The molecule has 0 spiro atoms. The van der Waals surface area contributed by atoms with Gasteiger partial charge < -0.3 is 5.11 Å². The molecule has 2 rings (SSSR count). The number of carboxylic acid groups (broad SMARTS) is 1. The van der Waals surface area contributed by atoms with E-state index in [0.717, 1.165) is 32.1 Å². The third-order valence-electron chi connectivity index (χ3n) is 4.44. The van der Waals surface area contributed by atoms with E-state index in [2.05, 4.69) is 11.6 Å². The van der Waals surface area contributed by atoms with Crippen LogP contribution >= 0.6 is 0 Å². The number of benzene rings is 2. The van der Waals surface area contributed by atoms with Gasteiger partial charge in [-0.2, -0.15) is 0 Å². The highest BCUT2D eigenvalue weighted by atomic mass is 32.2. The Labute approximate surface area is 165 Å². The fourth-order valence-electron chi connectivity index (χ4n) is 2.95. The van der Waals surface area contributed by atoms with Gasteiger partial charge in [0.2, 0.25) is 10.0 Å². The smallest absolute Gasteiger partial charge is 0.337 e. The number of carboxylic acids is 1. The molecule has 0 aliphatic carbocycles. The fraction of sp³-hybridized carbons (Fsp3) is 0.381. The lowest BCUT2D eigenvalue weighted by Gasteiger charge is -2.12. The minimum atomic E-state index is -3.64. The highest BCUT2D eigenvalue weighted by Gasteiger charge is 2.17. The summed E-state index contributed by atoms with van der Waals surface area (Å²) in [5.74, 6) is -1.74. The van der Waals surface area contributed by atoms with E-state index in [-0.39, 0.29) is 17.0 Å². The number of hydrogen-bond donors (Lipinski definition) is 2. The number of anilines is 1. The van der Waals surface area contributed by atoms with Crippen molar-refractivity contribution in [1.82, 2.24) is 0 Å². The molecule has 2 aromatic carbocycles. The Balaban J connectivity index is 2.11. The Kier molecular flexibility index (Phi) is 7.99. The lowest BCUT2D eigenvalue weighted by atomic mass is 10.0. The van der Waals surface area contributed by atoms with Gasteiger partial charge in [0, 0.05) is 0 Å². The Morgan fingerprint density at radius 2 is 1.68 bits per heavy atom. The van der Waals surface area contributed by atoms with Gasteiger partial charge in [-0.3, -0.25) is 4.72 Å². The zero-order valence-corrected chi connectivity index (χ0v) is 16.8. The molecule has 28 heavy (non-hydrogen) atoms. The summed E-state index contributed by atoms with van der Waals surface area (Å²) in [5, 5.41) is 9.48. The highest BCUT2D eigenvalue weighted by Crippen LogP contribution is 2.27. The van der Waals surface area contributed by atoms with Crippen LogP contribution in [0.5, 0.6) is 0 Å². The van der Waals surface area contributed by atoms with Crippen LogP contribution in [-0.4, -0.2) is 25.2 Å². The molecule has 0 fully saturated rings. The van der Waals surface area contributed by atoms with E-state index in [1.54, 1.807) is 12.1 Å². The Morgan fingerprint density at radius 3 is 2.36 bits per heavy atom. The maximum absolute atomic E-state index is 13.4. The molecular weight excluding hydrogens is 381 g/mol. The van der Waals surface area contributed by atoms with Gasteiger partial charge in [-0.25, -0.2) is 17.6 Å². The molecule has 0 heterocycles. The van der Waals surface area contributed by atoms with E-state index in [1.807, 2.05) is 0 Å². The van der Waals surface area contributed by atoms with Crippen molar-refractivity contribution in [1.29, 1.82) is 0 Å². The summed E-state index contributed by atoms with van der Waals surface area (Å²) in [5.41, 5.74) is 0.853. The van der Waals surface area contributed by atoms with E-state index >= 15 is 0 Å². The molecule has 0 aliphatic rings. The highest BCUT2D eigenvalue weighted by molar-refractivity contribution is 7.92. The van der Waals surface area contributed by atoms with E-state index in [9.17, 15) is 22.7 Å². The molecule has 0 aliphatic heterocycles. The molecule has 0 aromatic heterocycles. The summed E-state index contributed by atoms with van der Waals surface area (Å²) in [4.78, 5) is 11.6. The van der Waals surface area contributed by atoms with Crippen LogP contribution in [0.15, 0.2) is 42.5 Å². The first-order valence-electron chi connectivity index (χ1n) is 9.46. The number of hydrogen-bond acceptors (Lipinski definition) is 3. The van der Waals surface area contributed by atoms with Gasteiger partial charge >= 0.3 is 5.97 Å². The first-order chi connectivity index (χ1) is 13.3. The molecule has 0 bridgehead atoms. The lowest BCUT2D eigenvalue weighted by Crippen LogP contribution is -2.18. The lowest BCUT2D eigenvalue weighted by molar-refractivity contribution is 0.0698. The van der Waals surface area contributed by atoms with Gasteiger partial charge in [0.05, 0.1) is 17.0 Å². The van der Waals surface area contributed by atoms with Crippen molar-refractivity contribution in [2.75, 3.05) is 10.5 Å². The van der Waals surface area contributed by atoms with Gasteiger partial charge in [-0.1, -0.05) is 57.2 Å². The minimum Gasteiger partial charge on any atom is -0.478 e. The second-order valence-electron chi connectivity index (χ2n) is 6.76. The van der Waals surface area contributed by atoms with Crippen LogP contribution in [0.3, 0.4) is 0 Å². The van der Waals surface area contributed by atoms with Crippen molar-refractivity contribution in [3.05, 3.63) is 53.8 Å². The summed E-state index contributed by atoms with van der Waals surface area (Å²) < 4.78 is 40.4. The number of unbranched alkanes of at least 4 members (excludes halogenated alkanes) is 5. The van der Waals surface area contributed by atoms with Crippen LogP contribution in [0, 0.1) is 5.82 Å². The third-order valence-corrected chi connectivity index (χ3v) is 5.80. The molecule has 0 saturated heterocycles. The fourth-order valence-corrected chi connectivity index (χ4v) is 4.15. The van der Waals surface area contributed by atoms with Gasteiger partial charge in [-0.15, -0.1) is 0 Å². The van der Waals surface area contributed by atoms with Crippen molar-refractivity contribution in [2.45, 2.75) is 45.4 Å². The van der Waals surface area contributed by atoms with E-state index in [4.69, 9.17) is 0 Å². The number of carbonyl (C=O) groups is 1. The SMILES string of the molecule is CCCCCCCCS(=O)(=O)Nc1ccc(-c2cccc(F)c2)cc1C(=O)O. The number of rotatable bonds is 11. The summed E-state index contributed by atoms with van der Waals surface area (Å²) in [7, 11) is -3.64. The molecule has 0 atom stereocenters. The van der Waals surface area contributed by atoms with Gasteiger partial charge in [0.15, 0.2) is 0 Å². The predicted octanol–water partition coefficient (Wildman–Crippen LogP) is 5.29. The first kappa shape index (κ1) is 21.9. The molecule has 0 saturated carbocycles. The van der Waals surface area contributed by atoms with Crippen LogP contribution in [-0.2, 0) is 10.0 Å². The maximum atomic E-state index is 13.4.